The molecule has 1 N–H and O–H groups in total. The van der Waals surface area contributed by atoms with Gasteiger partial charge < -0.3 is 9.84 Å². The van der Waals surface area contributed by atoms with Crippen molar-refractivity contribution in [3.05, 3.63) is 59.2 Å². The Hall–Kier alpha value is -2.29. The van der Waals surface area contributed by atoms with Crippen LogP contribution in [0.3, 0.4) is 0 Å². The third-order valence-corrected chi connectivity index (χ3v) is 2.82. The van der Waals surface area contributed by atoms with Crippen LogP contribution < -0.4 is 4.74 Å². The highest BCUT2D eigenvalue weighted by Gasteiger charge is 2.03. The zero-order valence-electron chi connectivity index (χ0n) is 10.3. The van der Waals surface area contributed by atoms with Crippen LogP contribution in [0.1, 0.15) is 21.5 Å². The molecule has 0 fully saturated rings. The predicted molar refractivity (Wildman–Crippen MR) is 69.4 cm³/mol. The van der Waals surface area contributed by atoms with Gasteiger partial charge in [0.25, 0.3) is 0 Å². The van der Waals surface area contributed by atoms with Crippen molar-refractivity contribution in [2.45, 2.75) is 13.8 Å². The van der Waals surface area contributed by atoms with Crippen LogP contribution in [0.5, 0.6) is 11.5 Å². The van der Waals surface area contributed by atoms with E-state index in [9.17, 15) is 4.79 Å². The second kappa shape index (κ2) is 4.92. The highest BCUT2D eigenvalue weighted by molar-refractivity contribution is 5.87. The molecule has 92 valence electrons. The van der Waals surface area contributed by atoms with E-state index < -0.39 is 5.97 Å². The first-order chi connectivity index (χ1) is 8.56. The molecular formula is C15H14O3. The summed E-state index contributed by atoms with van der Waals surface area (Å²) in [4.78, 5) is 10.7. The maximum absolute atomic E-state index is 10.7. The second-order valence-electron chi connectivity index (χ2n) is 4.18. The summed E-state index contributed by atoms with van der Waals surface area (Å²) in [5.41, 5.74) is 2.63. The molecule has 0 aromatic heterocycles. The van der Waals surface area contributed by atoms with E-state index in [0.29, 0.717) is 5.75 Å². The molecule has 0 heterocycles. The molecular weight excluding hydrogens is 228 g/mol. The molecule has 0 saturated heterocycles. The average Bonchev–Trinajstić information content (AvgIpc) is 2.34. The van der Waals surface area contributed by atoms with Crippen LogP contribution in [-0.4, -0.2) is 11.1 Å². The fourth-order valence-electron chi connectivity index (χ4n) is 1.58. The summed E-state index contributed by atoms with van der Waals surface area (Å²) in [5.74, 6) is 0.442. The van der Waals surface area contributed by atoms with E-state index >= 15 is 0 Å². The zero-order chi connectivity index (χ0) is 13.1. The van der Waals surface area contributed by atoms with Crippen molar-refractivity contribution >= 4 is 5.97 Å². The Kier molecular flexibility index (Phi) is 3.33. The lowest BCUT2D eigenvalue weighted by Crippen LogP contribution is -1.95. The number of rotatable bonds is 3. The van der Waals surface area contributed by atoms with E-state index in [2.05, 4.69) is 0 Å². The van der Waals surface area contributed by atoms with E-state index in [4.69, 9.17) is 9.84 Å². The van der Waals surface area contributed by atoms with Gasteiger partial charge in [0.05, 0.1) is 5.56 Å². The molecule has 0 unspecified atom stereocenters. The topological polar surface area (TPSA) is 46.5 Å². The highest BCUT2D eigenvalue weighted by Crippen LogP contribution is 2.23. The molecule has 2 rings (SSSR count). The van der Waals surface area contributed by atoms with Gasteiger partial charge in [-0.05, 0) is 61.4 Å². The lowest BCUT2D eigenvalue weighted by Gasteiger charge is -2.08. The highest BCUT2D eigenvalue weighted by atomic mass is 16.5. The molecule has 2 aromatic rings. The van der Waals surface area contributed by atoms with Crippen molar-refractivity contribution < 1.29 is 14.6 Å². The number of aromatic carboxylic acids is 1. The number of hydrogen-bond acceptors (Lipinski definition) is 2. The van der Waals surface area contributed by atoms with Gasteiger partial charge in [0.1, 0.15) is 11.5 Å². The Morgan fingerprint density at radius 3 is 2.11 bits per heavy atom. The normalized spacial score (nSPS) is 10.1. The van der Waals surface area contributed by atoms with Gasteiger partial charge in [-0.1, -0.05) is 6.07 Å². The Morgan fingerprint density at radius 2 is 1.56 bits per heavy atom. The third-order valence-electron chi connectivity index (χ3n) is 2.82. The third kappa shape index (κ3) is 2.69. The molecule has 2 aromatic carbocycles. The lowest BCUT2D eigenvalue weighted by molar-refractivity contribution is 0.0697. The molecule has 0 saturated carbocycles. The van der Waals surface area contributed by atoms with E-state index in [-0.39, 0.29) is 5.56 Å². The van der Waals surface area contributed by atoms with E-state index in [1.807, 2.05) is 32.0 Å². The molecule has 0 aliphatic rings. The zero-order valence-corrected chi connectivity index (χ0v) is 10.3. The molecule has 3 heteroatoms. The van der Waals surface area contributed by atoms with Gasteiger partial charge in [-0.15, -0.1) is 0 Å². The fourth-order valence-corrected chi connectivity index (χ4v) is 1.58. The first-order valence-corrected chi connectivity index (χ1v) is 5.65. The van der Waals surface area contributed by atoms with Crippen LogP contribution in [0.4, 0.5) is 0 Å². The summed E-state index contributed by atoms with van der Waals surface area (Å²) in [7, 11) is 0. The Labute approximate surface area is 106 Å². The lowest BCUT2D eigenvalue weighted by atomic mass is 10.1. The quantitative estimate of drug-likeness (QED) is 0.890. The number of ether oxygens (including phenoxy) is 1. The standard InChI is InChI=1S/C15H14O3/c1-10-3-6-14(9-11(10)2)18-13-7-4-12(5-8-13)15(16)17/h3-9H,1-2H3,(H,16,17). The van der Waals surface area contributed by atoms with Gasteiger partial charge in [0, 0.05) is 0 Å². The van der Waals surface area contributed by atoms with Crippen LogP contribution in [0.2, 0.25) is 0 Å². The largest absolute Gasteiger partial charge is 0.478 e. The molecule has 18 heavy (non-hydrogen) atoms. The van der Waals surface area contributed by atoms with Gasteiger partial charge in [-0.25, -0.2) is 4.79 Å². The minimum atomic E-state index is -0.937. The summed E-state index contributed by atoms with van der Waals surface area (Å²) < 4.78 is 5.66. The summed E-state index contributed by atoms with van der Waals surface area (Å²) in [6.07, 6.45) is 0. The first-order valence-electron chi connectivity index (χ1n) is 5.65. The second-order valence-corrected chi connectivity index (χ2v) is 4.18. The molecule has 0 amide bonds. The summed E-state index contributed by atoms with van der Waals surface area (Å²) in [6, 6.07) is 12.2. The van der Waals surface area contributed by atoms with Crippen molar-refractivity contribution in [1.82, 2.24) is 0 Å². The first kappa shape index (κ1) is 12.2. The fraction of sp³-hybridized carbons (Fsp3) is 0.133. The number of aryl methyl sites for hydroxylation is 2. The maximum atomic E-state index is 10.7. The van der Waals surface area contributed by atoms with Crippen molar-refractivity contribution in [1.29, 1.82) is 0 Å². The van der Waals surface area contributed by atoms with Crippen LogP contribution in [0.15, 0.2) is 42.5 Å². The SMILES string of the molecule is Cc1ccc(Oc2ccc(C(=O)O)cc2)cc1C. The molecule has 0 aliphatic carbocycles. The summed E-state index contributed by atoms with van der Waals surface area (Å²) in [5, 5.41) is 8.79. The average molecular weight is 242 g/mol. The number of benzene rings is 2. The number of carbonyl (C=O) groups is 1. The molecule has 0 radical (unpaired) electrons. The molecule has 0 bridgehead atoms. The Balaban J connectivity index is 2.18. The van der Waals surface area contributed by atoms with E-state index in [1.54, 1.807) is 12.1 Å². The maximum Gasteiger partial charge on any atom is 0.335 e. The molecule has 0 spiro atoms. The van der Waals surface area contributed by atoms with Crippen molar-refractivity contribution in [3.8, 4) is 11.5 Å². The van der Waals surface area contributed by atoms with Gasteiger partial charge in [0.15, 0.2) is 0 Å². The minimum absolute atomic E-state index is 0.252. The summed E-state index contributed by atoms with van der Waals surface area (Å²) >= 11 is 0. The monoisotopic (exact) mass is 242 g/mol. The summed E-state index contributed by atoms with van der Waals surface area (Å²) in [6.45, 7) is 4.07. The van der Waals surface area contributed by atoms with Gasteiger partial charge >= 0.3 is 5.97 Å². The van der Waals surface area contributed by atoms with Crippen molar-refractivity contribution in [2.75, 3.05) is 0 Å². The molecule has 0 aliphatic heterocycles. The van der Waals surface area contributed by atoms with Gasteiger partial charge in [-0.2, -0.15) is 0 Å². The van der Waals surface area contributed by atoms with E-state index in [0.717, 1.165) is 11.3 Å². The van der Waals surface area contributed by atoms with Crippen molar-refractivity contribution in [2.24, 2.45) is 0 Å². The minimum Gasteiger partial charge on any atom is -0.478 e. The van der Waals surface area contributed by atoms with Gasteiger partial charge in [0.2, 0.25) is 0 Å². The van der Waals surface area contributed by atoms with Crippen LogP contribution in [0.25, 0.3) is 0 Å². The Morgan fingerprint density at radius 1 is 0.944 bits per heavy atom. The van der Waals surface area contributed by atoms with Crippen LogP contribution >= 0.6 is 0 Å². The van der Waals surface area contributed by atoms with Crippen molar-refractivity contribution in [3.63, 3.8) is 0 Å². The van der Waals surface area contributed by atoms with Crippen LogP contribution in [0, 0.1) is 13.8 Å². The Bertz CT molecular complexity index is 571. The van der Waals surface area contributed by atoms with Gasteiger partial charge in [-0.3, -0.25) is 0 Å². The number of hydrogen-bond donors (Lipinski definition) is 1. The van der Waals surface area contributed by atoms with E-state index in [1.165, 1.54) is 17.7 Å². The molecule has 3 nitrogen and oxygen atoms in total. The van der Waals surface area contributed by atoms with Crippen LogP contribution in [-0.2, 0) is 0 Å². The number of carboxylic acids is 1. The number of carboxylic acid groups (broad SMARTS) is 1. The smallest absolute Gasteiger partial charge is 0.335 e. The molecule has 0 atom stereocenters. The predicted octanol–water partition coefficient (Wildman–Crippen LogP) is 3.79.